The first-order valence-corrected chi connectivity index (χ1v) is 6.17. The van der Waals surface area contributed by atoms with Crippen molar-refractivity contribution in [2.75, 3.05) is 6.54 Å². The van der Waals surface area contributed by atoms with Gasteiger partial charge in [-0.15, -0.1) is 24.0 Å². The lowest BCUT2D eigenvalue weighted by Gasteiger charge is -2.13. The fourth-order valence-corrected chi connectivity index (χ4v) is 2.22. The van der Waals surface area contributed by atoms with E-state index in [4.69, 9.17) is 0 Å². The van der Waals surface area contributed by atoms with E-state index in [1.165, 1.54) is 5.03 Å². The van der Waals surface area contributed by atoms with Crippen molar-refractivity contribution in [2.45, 2.75) is 6.92 Å². The Morgan fingerprint density at radius 2 is 2.06 bits per heavy atom. The van der Waals surface area contributed by atoms with Crippen LogP contribution in [0.25, 0.3) is 0 Å². The second-order valence-corrected chi connectivity index (χ2v) is 4.23. The van der Waals surface area contributed by atoms with Crippen LogP contribution >= 0.6 is 35.7 Å². The molecule has 1 heterocycles. The number of hydrogen-bond donors (Lipinski definition) is 0. The van der Waals surface area contributed by atoms with Gasteiger partial charge >= 0.3 is 0 Å². The summed E-state index contributed by atoms with van der Waals surface area (Å²) in [7, 11) is 0. The maximum absolute atomic E-state index is 4.37. The minimum Gasteiger partial charge on any atom is -0.342 e. The number of allylic oxidation sites excluding steroid dienone is 1. The highest BCUT2D eigenvalue weighted by Gasteiger charge is 2.08. The molecule has 4 heteroatoms. The number of thioether (sulfide) groups is 1. The van der Waals surface area contributed by atoms with Gasteiger partial charge in [-0.2, -0.15) is 0 Å². The van der Waals surface area contributed by atoms with E-state index < -0.39 is 0 Å². The standard InChI is InChI=1S/C13H14N2S.HI/c1-2-15-10-11-16-13(15)8-9-14-12-6-4-3-5-7-12;/h3-11H,2H2,1H3;1H. The molecule has 2 rings (SSSR count). The van der Waals surface area contributed by atoms with Crippen LogP contribution in [-0.2, 0) is 0 Å². The molecule has 2 nitrogen and oxygen atoms in total. The zero-order chi connectivity index (χ0) is 11.2. The Hall–Kier alpha value is -0.750. The van der Waals surface area contributed by atoms with Crippen LogP contribution < -0.4 is 0 Å². The van der Waals surface area contributed by atoms with Crippen molar-refractivity contribution in [3.8, 4) is 0 Å². The SMILES string of the molecule is CCN1C=CSC1=CC=Nc1ccccc1.I. The van der Waals surface area contributed by atoms with Crippen LogP contribution in [0.4, 0.5) is 5.69 Å². The van der Waals surface area contributed by atoms with Crippen LogP contribution in [0.3, 0.4) is 0 Å². The molecule has 90 valence electrons. The second-order valence-electron chi connectivity index (χ2n) is 3.31. The van der Waals surface area contributed by atoms with E-state index in [0.717, 1.165) is 12.2 Å². The van der Waals surface area contributed by atoms with Crippen LogP contribution in [0, 0.1) is 0 Å². The van der Waals surface area contributed by atoms with Crippen molar-refractivity contribution < 1.29 is 0 Å². The quantitative estimate of drug-likeness (QED) is 0.588. The van der Waals surface area contributed by atoms with Crippen molar-refractivity contribution in [2.24, 2.45) is 4.99 Å². The van der Waals surface area contributed by atoms with E-state index >= 15 is 0 Å². The molecule has 1 aliphatic rings. The fraction of sp³-hybridized carbons (Fsp3) is 0.154. The maximum atomic E-state index is 4.37. The van der Waals surface area contributed by atoms with E-state index in [0.29, 0.717) is 0 Å². The van der Waals surface area contributed by atoms with Crippen molar-refractivity contribution >= 4 is 47.6 Å². The number of rotatable bonds is 3. The summed E-state index contributed by atoms with van der Waals surface area (Å²) in [6.07, 6.45) is 5.99. The Kier molecular flexibility index (Phi) is 6.36. The van der Waals surface area contributed by atoms with Crippen molar-refractivity contribution in [3.05, 3.63) is 53.0 Å². The molecule has 0 aromatic heterocycles. The molecule has 0 N–H and O–H groups in total. The van der Waals surface area contributed by atoms with Gasteiger partial charge in [-0.1, -0.05) is 30.0 Å². The number of hydrogen-bond acceptors (Lipinski definition) is 3. The molecular weight excluding hydrogens is 343 g/mol. The molecule has 1 aromatic carbocycles. The molecule has 0 spiro atoms. The Labute approximate surface area is 124 Å². The predicted molar refractivity (Wildman–Crippen MR) is 87.2 cm³/mol. The lowest BCUT2D eigenvalue weighted by atomic mass is 10.3. The Balaban J connectivity index is 0.00000144. The monoisotopic (exact) mass is 358 g/mol. The first-order chi connectivity index (χ1) is 7.90. The normalized spacial score (nSPS) is 16.8. The summed E-state index contributed by atoms with van der Waals surface area (Å²) in [6, 6.07) is 9.96. The molecule has 0 radical (unpaired) electrons. The summed E-state index contributed by atoms with van der Waals surface area (Å²) in [4.78, 5) is 6.57. The summed E-state index contributed by atoms with van der Waals surface area (Å²) in [5, 5.41) is 3.31. The Morgan fingerprint density at radius 1 is 1.29 bits per heavy atom. The third kappa shape index (κ3) is 4.20. The Morgan fingerprint density at radius 3 is 2.76 bits per heavy atom. The molecule has 0 fully saturated rings. The van der Waals surface area contributed by atoms with Gasteiger partial charge in [0.25, 0.3) is 0 Å². The van der Waals surface area contributed by atoms with E-state index in [1.54, 1.807) is 11.8 Å². The van der Waals surface area contributed by atoms with Crippen molar-refractivity contribution in [1.29, 1.82) is 0 Å². The van der Waals surface area contributed by atoms with Crippen LogP contribution in [0.2, 0.25) is 0 Å². The number of nitrogens with zero attached hydrogens (tertiary/aromatic N) is 2. The molecule has 17 heavy (non-hydrogen) atoms. The zero-order valence-corrected chi connectivity index (χ0v) is 12.8. The zero-order valence-electron chi connectivity index (χ0n) is 9.61. The fourth-order valence-electron chi connectivity index (χ4n) is 1.41. The molecule has 0 aliphatic carbocycles. The average Bonchev–Trinajstić information content (AvgIpc) is 2.78. The lowest BCUT2D eigenvalue weighted by Crippen LogP contribution is -2.09. The van der Waals surface area contributed by atoms with Crippen LogP contribution in [0.15, 0.2) is 58.0 Å². The third-order valence-electron chi connectivity index (χ3n) is 2.25. The van der Waals surface area contributed by atoms with Gasteiger partial charge in [0, 0.05) is 19.0 Å². The van der Waals surface area contributed by atoms with E-state index in [-0.39, 0.29) is 24.0 Å². The highest BCUT2D eigenvalue weighted by molar-refractivity contribution is 14.0. The maximum Gasteiger partial charge on any atom is 0.0806 e. The van der Waals surface area contributed by atoms with Gasteiger partial charge in [-0.25, -0.2) is 0 Å². The second kappa shape index (κ2) is 7.55. The minimum atomic E-state index is 0. The van der Waals surface area contributed by atoms with Gasteiger partial charge < -0.3 is 4.90 Å². The molecule has 0 saturated heterocycles. The molecule has 1 aliphatic heterocycles. The molecule has 0 atom stereocenters. The van der Waals surface area contributed by atoms with Gasteiger partial charge in [0.1, 0.15) is 0 Å². The summed E-state index contributed by atoms with van der Waals surface area (Å²) < 4.78 is 0. The molecule has 0 unspecified atom stereocenters. The van der Waals surface area contributed by atoms with Gasteiger partial charge in [-0.05, 0) is 30.5 Å². The van der Waals surface area contributed by atoms with Gasteiger partial charge in [-0.3, -0.25) is 4.99 Å². The largest absolute Gasteiger partial charge is 0.342 e. The highest BCUT2D eigenvalue weighted by Crippen LogP contribution is 2.27. The highest BCUT2D eigenvalue weighted by atomic mass is 127. The Bertz CT molecular complexity index is 426. The van der Waals surface area contributed by atoms with Gasteiger partial charge in [0.05, 0.1) is 10.7 Å². The number of benzene rings is 1. The summed E-state index contributed by atoms with van der Waals surface area (Å²) >= 11 is 1.73. The first kappa shape index (κ1) is 14.3. The molecule has 0 amide bonds. The molecular formula is C13H15IN2S. The first-order valence-electron chi connectivity index (χ1n) is 5.29. The van der Waals surface area contributed by atoms with E-state index in [9.17, 15) is 0 Å². The van der Waals surface area contributed by atoms with Crippen molar-refractivity contribution in [3.63, 3.8) is 0 Å². The number of para-hydroxylation sites is 1. The predicted octanol–water partition coefficient (Wildman–Crippen LogP) is 4.39. The average molecular weight is 358 g/mol. The topological polar surface area (TPSA) is 15.6 Å². The van der Waals surface area contributed by atoms with Crippen LogP contribution in [0.5, 0.6) is 0 Å². The van der Waals surface area contributed by atoms with Gasteiger partial charge in [0.15, 0.2) is 0 Å². The number of aliphatic imine (C=N–C) groups is 1. The van der Waals surface area contributed by atoms with E-state index in [1.807, 2.05) is 42.6 Å². The summed E-state index contributed by atoms with van der Waals surface area (Å²) in [5.74, 6) is 0. The molecule has 0 saturated carbocycles. The van der Waals surface area contributed by atoms with Gasteiger partial charge in [0.2, 0.25) is 0 Å². The van der Waals surface area contributed by atoms with Crippen molar-refractivity contribution in [1.82, 2.24) is 4.90 Å². The third-order valence-corrected chi connectivity index (χ3v) is 3.12. The van der Waals surface area contributed by atoms with Crippen LogP contribution in [-0.4, -0.2) is 17.7 Å². The lowest BCUT2D eigenvalue weighted by molar-refractivity contribution is 0.532. The summed E-state index contributed by atoms with van der Waals surface area (Å²) in [5.41, 5.74) is 0.985. The molecule has 0 bridgehead atoms. The van der Waals surface area contributed by atoms with Crippen LogP contribution in [0.1, 0.15) is 6.92 Å². The number of halogens is 1. The molecule has 1 aromatic rings. The smallest absolute Gasteiger partial charge is 0.0806 e. The summed E-state index contributed by atoms with van der Waals surface area (Å²) in [6.45, 7) is 3.13. The van der Waals surface area contributed by atoms with E-state index in [2.05, 4.69) is 28.4 Å². The minimum absolute atomic E-state index is 0.